The number of thiophene rings is 1. The lowest BCUT2D eigenvalue weighted by molar-refractivity contribution is -0.142. The van der Waals surface area contributed by atoms with E-state index in [0.717, 1.165) is 32.4 Å². The van der Waals surface area contributed by atoms with E-state index in [-0.39, 0.29) is 11.9 Å². The van der Waals surface area contributed by atoms with E-state index < -0.39 is 5.54 Å². The van der Waals surface area contributed by atoms with Crippen LogP contribution >= 0.6 is 11.3 Å². The second-order valence-corrected chi connectivity index (χ2v) is 8.88. The lowest BCUT2D eigenvalue weighted by Gasteiger charge is -2.49. The Balaban J connectivity index is 1.32. The molecule has 1 aliphatic carbocycles. The Labute approximate surface area is 164 Å². The first-order valence-electron chi connectivity index (χ1n) is 9.74. The van der Waals surface area contributed by atoms with E-state index in [1.54, 1.807) is 11.3 Å². The fourth-order valence-electron chi connectivity index (χ4n) is 4.50. The molecule has 2 aromatic carbocycles. The molecule has 2 unspecified atom stereocenters. The molecule has 1 saturated heterocycles. The summed E-state index contributed by atoms with van der Waals surface area (Å²) in [6.07, 6.45) is 2.99. The monoisotopic (exact) mass is 376 g/mol. The minimum Gasteiger partial charge on any atom is -0.348 e. The summed E-state index contributed by atoms with van der Waals surface area (Å²) >= 11 is 1.79. The van der Waals surface area contributed by atoms with Crippen LogP contribution in [0.15, 0.2) is 53.9 Å². The number of nitrogens with zero attached hydrogens (tertiary/aromatic N) is 1. The Morgan fingerprint density at radius 2 is 2.04 bits per heavy atom. The first kappa shape index (κ1) is 17.0. The van der Waals surface area contributed by atoms with Crippen LogP contribution in [0.3, 0.4) is 0 Å². The Kier molecular flexibility index (Phi) is 4.06. The second kappa shape index (κ2) is 6.47. The fraction of sp³-hybridized carbons (Fsp3) is 0.348. The van der Waals surface area contributed by atoms with Crippen molar-refractivity contribution >= 4 is 27.3 Å². The van der Waals surface area contributed by atoms with Crippen LogP contribution in [0, 0.1) is 0 Å². The number of benzene rings is 2. The number of rotatable bonds is 4. The average molecular weight is 377 g/mol. The van der Waals surface area contributed by atoms with Crippen LogP contribution in [0.5, 0.6) is 0 Å². The third-order valence-electron chi connectivity index (χ3n) is 6.42. The zero-order chi connectivity index (χ0) is 18.4. The van der Waals surface area contributed by atoms with Crippen LogP contribution in [-0.2, 0) is 17.8 Å². The molecule has 27 heavy (non-hydrogen) atoms. The molecule has 0 radical (unpaired) electrons. The van der Waals surface area contributed by atoms with Gasteiger partial charge in [0.05, 0.1) is 11.6 Å². The average Bonchev–Trinajstić information content (AvgIpc) is 3.29. The van der Waals surface area contributed by atoms with Crippen molar-refractivity contribution in [1.82, 2.24) is 10.2 Å². The minimum atomic E-state index is -0.402. The minimum absolute atomic E-state index is 0.162. The van der Waals surface area contributed by atoms with Crippen LogP contribution in [0.2, 0.25) is 0 Å². The molecule has 0 spiro atoms. The Bertz CT molecular complexity index is 1010. The van der Waals surface area contributed by atoms with Gasteiger partial charge in [0.2, 0.25) is 5.91 Å². The smallest absolute Gasteiger partial charge is 0.240 e. The van der Waals surface area contributed by atoms with Gasteiger partial charge in [-0.2, -0.15) is 0 Å². The van der Waals surface area contributed by atoms with Crippen molar-refractivity contribution in [2.45, 2.75) is 44.3 Å². The number of hydrogen-bond donors (Lipinski definition) is 1. The van der Waals surface area contributed by atoms with Crippen molar-refractivity contribution in [2.24, 2.45) is 0 Å². The summed E-state index contributed by atoms with van der Waals surface area (Å²) in [5, 5.41) is 6.91. The van der Waals surface area contributed by atoms with Crippen LogP contribution in [0.1, 0.15) is 42.5 Å². The van der Waals surface area contributed by atoms with Crippen molar-refractivity contribution in [2.75, 3.05) is 6.54 Å². The summed E-state index contributed by atoms with van der Waals surface area (Å²) in [4.78, 5) is 15.5. The van der Waals surface area contributed by atoms with Gasteiger partial charge in [0.15, 0.2) is 0 Å². The number of nitrogens with one attached hydrogen (secondary N) is 1. The van der Waals surface area contributed by atoms with Gasteiger partial charge in [-0.05, 0) is 59.7 Å². The number of carbonyl (C=O) groups is 1. The maximum absolute atomic E-state index is 13.2. The van der Waals surface area contributed by atoms with Gasteiger partial charge in [0, 0.05) is 17.8 Å². The van der Waals surface area contributed by atoms with E-state index >= 15 is 0 Å². The highest BCUT2D eigenvalue weighted by Crippen LogP contribution is 2.37. The molecular weight excluding hydrogens is 352 g/mol. The van der Waals surface area contributed by atoms with Gasteiger partial charge in [-0.25, -0.2) is 0 Å². The van der Waals surface area contributed by atoms with Crippen molar-refractivity contribution in [3.63, 3.8) is 0 Å². The van der Waals surface area contributed by atoms with Gasteiger partial charge in [0.25, 0.3) is 0 Å². The van der Waals surface area contributed by atoms with Crippen LogP contribution in [0.25, 0.3) is 10.1 Å². The number of fused-ring (bicyclic) bond motifs is 2. The molecule has 2 heterocycles. The van der Waals surface area contributed by atoms with Crippen molar-refractivity contribution < 1.29 is 4.79 Å². The molecule has 1 aromatic heterocycles. The molecule has 3 aromatic rings. The van der Waals surface area contributed by atoms with E-state index in [4.69, 9.17) is 0 Å². The molecule has 5 rings (SSSR count). The zero-order valence-corrected chi connectivity index (χ0v) is 16.4. The number of carbonyl (C=O) groups excluding carboxylic acids is 1. The Morgan fingerprint density at radius 1 is 1.22 bits per heavy atom. The number of amides is 1. The predicted molar refractivity (Wildman–Crippen MR) is 111 cm³/mol. The molecule has 1 amide bonds. The van der Waals surface area contributed by atoms with Gasteiger partial charge in [-0.15, -0.1) is 11.3 Å². The summed E-state index contributed by atoms with van der Waals surface area (Å²) < 4.78 is 1.32. The van der Waals surface area contributed by atoms with Crippen molar-refractivity contribution in [1.29, 1.82) is 0 Å². The Morgan fingerprint density at radius 3 is 2.89 bits per heavy atom. The quantitative estimate of drug-likeness (QED) is 0.718. The first-order chi connectivity index (χ1) is 13.1. The maximum Gasteiger partial charge on any atom is 0.240 e. The van der Waals surface area contributed by atoms with Gasteiger partial charge < -0.3 is 5.32 Å². The lowest BCUT2D eigenvalue weighted by Crippen LogP contribution is -2.65. The highest BCUT2D eigenvalue weighted by molar-refractivity contribution is 7.17. The molecule has 1 N–H and O–H groups in total. The number of likely N-dealkylation sites (tertiary alicyclic amines) is 1. The molecule has 2 atom stereocenters. The largest absolute Gasteiger partial charge is 0.348 e. The van der Waals surface area contributed by atoms with Gasteiger partial charge in [-0.3, -0.25) is 9.69 Å². The first-order valence-corrected chi connectivity index (χ1v) is 10.6. The highest BCUT2D eigenvalue weighted by Gasteiger charge is 2.47. The molecule has 3 nitrogen and oxygen atoms in total. The Hall–Kier alpha value is -2.17. The number of hydrogen-bond acceptors (Lipinski definition) is 3. The van der Waals surface area contributed by atoms with Gasteiger partial charge in [-0.1, -0.05) is 42.5 Å². The molecule has 1 aliphatic heterocycles. The van der Waals surface area contributed by atoms with Crippen LogP contribution in [-0.4, -0.2) is 22.9 Å². The van der Waals surface area contributed by atoms with Crippen LogP contribution in [0.4, 0.5) is 0 Å². The summed E-state index contributed by atoms with van der Waals surface area (Å²) in [6.45, 7) is 3.92. The summed E-state index contributed by atoms with van der Waals surface area (Å²) in [5.41, 5.74) is 3.61. The van der Waals surface area contributed by atoms with Gasteiger partial charge in [0.1, 0.15) is 0 Å². The molecule has 2 aliphatic rings. The van der Waals surface area contributed by atoms with E-state index in [9.17, 15) is 4.79 Å². The number of aryl methyl sites for hydroxylation is 1. The zero-order valence-electron chi connectivity index (χ0n) is 15.6. The lowest BCUT2D eigenvalue weighted by atomic mass is 9.84. The predicted octanol–water partition coefficient (Wildman–Crippen LogP) is 4.67. The third kappa shape index (κ3) is 2.79. The molecule has 138 valence electrons. The normalized spacial score (nSPS) is 24.6. The van der Waals surface area contributed by atoms with Crippen molar-refractivity contribution in [3.05, 3.63) is 70.6 Å². The third-order valence-corrected chi connectivity index (χ3v) is 7.43. The molecule has 0 saturated carbocycles. The highest BCUT2D eigenvalue weighted by atomic mass is 32.1. The maximum atomic E-state index is 13.2. The topological polar surface area (TPSA) is 32.3 Å². The van der Waals surface area contributed by atoms with E-state index in [1.807, 2.05) is 0 Å². The summed E-state index contributed by atoms with van der Waals surface area (Å²) in [7, 11) is 0. The van der Waals surface area contributed by atoms with Crippen molar-refractivity contribution in [3.8, 4) is 0 Å². The summed E-state index contributed by atoms with van der Waals surface area (Å²) in [5.74, 6) is 0.176. The molecular formula is C23H24N2OS. The van der Waals surface area contributed by atoms with E-state index in [2.05, 4.69) is 71.1 Å². The molecule has 4 heteroatoms. The van der Waals surface area contributed by atoms with E-state index in [0.29, 0.717) is 0 Å². The molecule has 0 bridgehead atoms. The standard InChI is InChI=1S/C23H24N2OS/c1-23(22(26)24-20-11-10-16-6-2-3-7-18(16)20)12-13-25(23)14-17-15-27-21-9-5-4-8-19(17)21/h2-9,15,20H,10-14H2,1H3,(H,24,26). The van der Waals surface area contributed by atoms with Crippen LogP contribution < -0.4 is 5.32 Å². The van der Waals surface area contributed by atoms with Gasteiger partial charge >= 0.3 is 0 Å². The summed E-state index contributed by atoms with van der Waals surface area (Å²) in [6, 6.07) is 17.2. The second-order valence-electron chi connectivity index (χ2n) is 7.97. The molecule has 1 fully saturated rings. The fourth-order valence-corrected chi connectivity index (χ4v) is 5.45. The van der Waals surface area contributed by atoms with E-state index in [1.165, 1.54) is 26.8 Å². The SMILES string of the molecule is CC1(C(=O)NC2CCc3ccccc32)CCN1Cc1csc2ccccc12.